The molecule has 0 bridgehead atoms. The third kappa shape index (κ3) is 7.09. The minimum absolute atomic E-state index is 0.0319. The van der Waals surface area contributed by atoms with Crippen LogP contribution in [0.3, 0.4) is 0 Å². The van der Waals surface area contributed by atoms with Gasteiger partial charge in [-0.05, 0) is 131 Å². The van der Waals surface area contributed by atoms with E-state index < -0.39 is 0 Å². The normalized spacial score (nSPS) is 13.1. The Labute approximate surface area is 374 Å². The van der Waals surface area contributed by atoms with E-state index in [9.17, 15) is 0 Å². The van der Waals surface area contributed by atoms with Gasteiger partial charge in [-0.1, -0.05) is 175 Å². The highest BCUT2D eigenvalue weighted by Crippen LogP contribution is 2.48. The third-order valence-electron chi connectivity index (χ3n) is 13.5. The molecule has 2 aliphatic rings. The molecule has 62 heavy (non-hydrogen) atoms. The summed E-state index contributed by atoms with van der Waals surface area (Å²) in [5, 5.41) is 2.58. The molecule has 0 fully saturated rings. The molecule has 2 aliphatic heterocycles. The molecule has 2 nitrogen and oxygen atoms in total. The van der Waals surface area contributed by atoms with Gasteiger partial charge in [0.15, 0.2) is 0 Å². The minimum Gasteiger partial charge on any atom is -0.311 e. The van der Waals surface area contributed by atoms with E-state index >= 15 is 0 Å². The lowest BCUT2D eigenvalue weighted by Crippen LogP contribution is -2.60. The smallest absolute Gasteiger partial charge is 0.249 e. The average molecular weight is 827 g/mol. The van der Waals surface area contributed by atoms with E-state index in [2.05, 4.69) is 191 Å². The second-order valence-electron chi connectivity index (χ2n) is 18.8. The van der Waals surface area contributed by atoms with Crippen LogP contribution in [0.25, 0.3) is 38.6 Å². The number of rotatable bonds is 12. The van der Waals surface area contributed by atoms with Crippen molar-refractivity contribution in [1.82, 2.24) is 4.57 Å². The number of aryl methyl sites for hydroxylation is 3. The summed E-state index contributed by atoms with van der Waals surface area (Å²) in [6, 6.07) is 53.9. The van der Waals surface area contributed by atoms with Crippen LogP contribution in [-0.4, -0.2) is 11.3 Å². The lowest BCUT2D eigenvalue weighted by atomic mass is 9.34. The first kappa shape index (κ1) is 40.6. The number of nitrogens with zero attached hydrogens (tertiary/aromatic N) is 2. The van der Waals surface area contributed by atoms with Crippen molar-refractivity contribution in [2.45, 2.75) is 115 Å². The molecule has 4 heteroatoms. The summed E-state index contributed by atoms with van der Waals surface area (Å²) in [6.07, 6.45) is 10.4. The van der Waals surface area contributed by atoms with Gasteiger partial charge in [-0.3, -0.25) is 0 Å². The van der Waals surface area contributed by atoms with Crippen LogP contribution in [0.5, 0.6) is 0 Å². The maximum atomic E-state index is 2.78. The summed E-state index contributed by atoms with van der Waals surface area (Å²) in [5.41, 5.74) is 20.4. The predicted molar refractivity (Wildman–Crippen MR) is 271 cm³/mol. The molecule has 0 radical (unpaired) electrons. The largest absolute Gasteiger partial charge is 0.311 e. The van der Waals surface area contributed by atoms with Crippen molar-refractivity contribution in [3.8, 4) is 16.8 Å². The van der Waals surface area contributed by atoms with Gasteiger partial charge in [0.05, 0.1) is 16.7 Å². The van der Waals surface area contributed by atoms with E-state index in [-0.39, 0.29) is 12.1 Å². The van der Waals surface area contributed by atoms with Crippen LogP contribution in [0.2, 0.25) is 0 Å². The Balaban J connectivity index is 1.31. The Morgan fingerprint density at radius 2 is 1.16 bits per heavy atom. The summed E-state index contributed by atoms with van der Waals surface area (Å²) in [4.78, 5) is 5.53. The summed E-state index contributed by atoms with van der Waals surface area (Å²) >= 11 is 1.98. The number of para-hydroxylation sites is 2. The number of fused-ring (bicyclic) bond motifs is 7. The van der Waals surface area contributed by atoms with Gasteiger partial charge in [0.2, 0.25) is 6.71 Å². The van der Waals surface area contributed by atoms with Crippen LogP contribution in [-0.2, 0) is 24.7 Å². The van der Waals surface area contributed by atoms with Crippen molar-refractivity contribution >= 4 is 73.7 Å². The van der Waals surface area contributed by atoms with Crippen LogP contribution in [0.15, 0.2) is 149 Å². The summed E-state index contributed by atoms with van der Waals surface area (Å²) in [5.74, 6) is 0. The zero-order valence-electron chi connectivity index (χ0n) is 37.5. The van der Waals surface area contributed by atoms with Crippen LogP contribution in [0, 0.1) is 0 Å². The molecule has 8 aromatic rings. The van der Waals surface area contributed by atoms with Crippen molar-refractivity contribution in [3.05, 3.63) is 162 Å². The van der Waals surface area contributed by atoms with Gasteiger partial charge in [0, 0.05) is 37.6 Å². The van der Waals surface area contributed by atoms with Gasteiger partial charge in [-0.25, -0.2) is 0 Å². The monoisotopic (exact) mass is 826 g/mol. The quantitative estimate of drug-likeness (QED) is 0.113. The van der Waals surface area contributed by atoms with E-state index in [1.807, 2.05) is 11.8 Å². The second kappa shape index (κ2) is 16.7. The number of aromatic nitrogens is 1. The van der Waals surface area contributed by atoms with E-state index in [1.54, 1.807) is 0 Å². The van der Waals surface area contributed by atoms with Crippen LogP contribution < -0.4 is 21.3 Å². The summed E-state index contributed by atoms with van der Waals surface area (Å²) in [7, 11) is 0. The van der Waals surface area contributed by atoms with Crippen LogP contribution in [0.1, 0.15) is 102 Å². The van der Waals surface area contributed by atoms with Gasteiger partial charge < -0.3 is 9.47 Å². The molecule has 0 spiro atoms. The van der Waals surface area contributed by atoms with E-state index in [0.717, 1.165) is 19.3 Å². The average Bonchev–Trinajstić information content (AvgIpc) is 3.63. The van der Waals surface area contributed by atoms with Gasteiger partial charge in [-0.2, -0.15) is 0 Å². The fourth-order valence-electron chi connectivity index (χ4n) is 10.3. The number of hydrogen-bond acceptors (Lipinski definition) is 2. The van der Waals surface area contributed by atoms with Crippen LogP contribution >= 0.6 is 11.8 Å². The molecule has 0 atom stereocenters. The van der Waals surface area contributed by atoms with Crippen molar-refractivity contribution in [2.24, 2.45) is 0 Å². The van der Waals surface area contributed by atoms with Crippen molar-refractivity contribution in [2.75, 3.05) is 4.90 Å². The maximum absolute atomic E-state index is 2.78. The highest BCUT2D eigenvalue weighted by atomic mass is 32.2. The van der Waals surface area contributed by atoms with Gasteiger partial charge in [0.1, 0.15) is 0 Å². The first-order valence-electron chi connectivity index (χ1n) is 23.4. The summed E-state index contributed by atoms with van der Waals surface area (Å²) in [6.45, 7) is 14.3. The molecule has 3 heterocycles. The highest BCUT2D eigenvalue weighted by molar-refractivity contribution is 8.00. The highest BCUT2D eigenvalue weighted by Gasteiger charge is 2.43. The van der Waals surface area contributed by atoms with Crippen molar-refractivity contribution in [1.29, 1.82) is 0 Å². The molecule has 7 aromatic carbocycles. The van der Waals surface area contributed by atoms with E-state index in [4.69, 9.17) is 0 Å². The van der Waals surface area contributed by atoms with Gasteiger partial charge >= 0.3 is 0 Å². The van der Waals surface area contributed by atoms with E-state index in [1.165, 1.54) is 143 Å². The van der Waals surface area contributed by atoms with Gasteiger partial charge in [0.25, 0.3) is 0 Å². The summed E-state index contributed by atoms with van der Waals surface area (Å²) < 4.78 is 2.51. The number of benzene rings is 7. The topological polar surface area (TPSA) is 8.17 Å². The molecule has 0 aliphatic carbocycles. The van der Waals surface area contributed by atoms with Gasteiger partial charge in [-0.15, -0.1) is 0 Å². The number of hydrogen-bond donors (Lipinski definition) is 0. The number of anilines is 3. The third-order valence-corrected chi connectivity index (χ3v) is 14.7. The fourth-order valence-corrected chi connectivity index (χ4v) is 11.5. The predicted octanol–water partition coefficient (Wildman–Crippen LogP) is 14.5. The maximum Gasteiger partial charge on any atom is 0.249 e. The Morgan fingerprint density at radius 3 is 1.81 bits per heavy atom. The van der Waals surface area contributed by atoms with E-state index in [0.29, 0.717) is 0 Å². The Morgan fingerprint density at radius 1 is 0.532 bits per heavy atom. The van der Waals surface area contributed by atoms with Crippen molar-refractivity contribution < 1.29 is 0 Å². The molecule has 0 amide bonds. The second-order valence-corrected chi connectivity index (χ2v) is 19.9. The molecule has 310 valence electrons. The molecule has 1 aromatic heterocycles. The Kier molecular flexibility index (Phi) is 10.9. The van der Waals surface area contributed by atoms with Crippen molar-refractivity contribution in [3.63, 3.8) is 0 Å². The van der Waals surface area contributed by atoms with Crippen LogP contribution in [0.4, 0.5) is 17.1 Å². The lowest BCUT2D eigenvalue weighted by molar-refractivity contribution is 0.589. The first-order chi connectivity index (χ1) is 30.3. The molecule has 0 N–H and O–H groups in total. The standard InChI is InChI=1S/C58H59BN2S/c1-7-10-20-39-33-42(21-11-8-2)57(43(34-39)22-12-9-3)61-52-38-45(60-50-27-18-16-25-46(50)47-26-17-19-28-51(47)60)30-31-48(52)59-49-35-41(40-23-14-13-15-24-40)29-32-54(49)62-55-37-44(58(4,5)6)36-53(61)56(55)59/h13-19,23-38H,7-12,20-22H2,1-6H3. The first-order valence-corrected chi connectivity index (χ1v) is 24.2. The Hall–Kier alpha value is -5.45. The number of unbranched alkanes of at least 4 members (excludes halogenated alkanes) is 3. The lowest BCUT2D eigenvalue weighted by Gasteiger charge is -2.43. The Bertz CT molecular complexity index is 2870. The molecular formula is C58H59BN2S. The molecule has 0 saturated carbocycles. The molecule has 10 rings (SSSR count). The SMILES string of the molecule is CCCCc1cc(CCCC)c(N2c3cc(-n4c5ccccc5c5ccccc54)ccc3B3c4cc(-c5ccccc5)ccc4Sc4cc(C(C)(C)C)cc2c43)c(CCCC)c1. The zero-order chi connectivity index (χ0) is 42.5. The molecule has 0 saturated heterocycles. The minimum atomic E-state index is -0.0319. The zero-order valence-corrected chi connectivity index (χ0v) is 38.3. The molecule has 0 unspecified atom stereocenters. The molecular weight excluding hydrogens is 768 g/mol. The fraction of sp³-hybridized carbons (Fsp3) is 0.276.